The van der Waals surface area contributed by atoms with Crippen molar-refractivity contribution in [2.75, 3.05) is 13.2 Å². The van der Waals surface area contributed by atoms with Crippen LogP contribution in [0.3, 0.4) is 0 Å². The second-order valence-corrected chi connectivity index (χ2v) is 3.71. The molecule has 1 heterocycles. The first kappa shape index (κ1) is 11.0. The van der Waals surface area contributed by atoms with E-state index in [-0.39, 0.29) is 0 Å². The van der Waals surface area contributed by atoms with Gasteiger partial charge in [0, 0.05) is 0 Å². The Balaban J connectivity index is 2.61. The minimum atomic E-state index is -1.08. The van der Waals surface area contributed by atoms with Gasteiger partial charge in [-0.2, -0.15) is 0 Å². The number of hydrogen-bond acceptors (Lipinski definition) is 4. The quantitative estimate of drug-likeness (QED) is 0.508. The van der Waals surface area contributed by atoms with Gasteiger partial charge < -0.3 is 9.47 Å². The molecule has 0 aromatic carbocycles. The third-order valence-electron chi connectivity index (χ3n) is 2.39. The highest BCUT2D eigenvalue weighted by Crippen LogP contribution is 2.30. The monoisotopic (exact) mass is 200 g/mol. The zero-order valence-corrected chi connectivity index (χ0v) is 8.67. The van der Waals surface area contributed by atoms with Crippen molar-refractivity contribution in [3.05, 3.63) is 0 Å². The van der Waals surface area contributed by atoms with Crippen LogP contribution in [0.15, 0.2) is 0 Å². The van der Waals surface area contributed by atoms with Crippen LogP contribution in [0.4, 0.5) is 0 Å². The van der Waals surface area contributed by atoms with Gasteiger partial charge in [-0.15, -0.1) is 0 Å². The van der Waals surface area contributed by atoms with Gasteiger partial charge in [0.05, 0.1) is 13.2 Å². The molecule has 4 heteroatoms. The minimum Gasteiger partial charge on any atom is -0.465 e. The number of carbonyl (C=O) groups excluding carboxylic acids is 2. The molecule has 0 spiro atoms. The Morgan fingerprint density at radius 1 is 1.64 bits per heavy atom. The third kappa shape index (κ3) is 2.05. The molecule has 1 aliphatic heterocycles. The van der Waals surface area contributed by atoms with Gasteiger partial charge in [0.2, 0.25) is 0 Å². The van der Waals surface area contributed by atoms with E-state index in [0.717, 1.165) is 12.8 Å². The van der Waals surface area contributed by atoms with Crippen molar-refractivity contribution in [3.63, 3.8) is 0 Å². The van der Waals surface area contributed by atoms with E-state index in [4.69, 9.17) is 9.47 Å². The lowest BCUT2D eigenvalue weighted by Crippen LogP contribution is -2.42. The Labute approximate surface area is 83.6 Å². The topological polar surface area (TPSA) is 52.6 Å². The van der Waals surface area contributed by atoms with E-state index in [9.17, 15) is 9.59 Å². The predicted molar refractivity (Wildman–Crippen MR) is 49.6 cm³/mol. The van der Waals surface area contributed by atoms with E-state index >= 15 is 0 Å². The molecule has 0 bridgehead atoms. The molecule has 1 saturated heterocycles. The average molecular weight is 200 g/mol. The van der Waals surface area contributed by atoms with Crippen LogP contribution >= 0.6 is 0 Å². The Morgan fingerprint density at radius 2 is 2.36 bits per heavy atom. The summed E-state index contributed by atoms with van der Waals surface area (Å²) in [6, 6.07) is 0. The molecular weight excluding hydrogens is 184 g/mol. The van der Waals surface area contributed by atoms with E-state index in [2.05, 4.69) is 0 Å². The second-order valence-electron chi connectivity index (χ2n) is 3.71. The highest BCUT2D eigenvalue weighted by atomic mass is 16.6. The maximum atomic E-state index is 11.6. The molecule has 1 fully saturated rings. The normalized spacial score (nSPS) is 26.9. The first-order chi connectivity index (χ1) is 6.61. The van der Waals surface area contributed by atoms with Crippen LogP contribution in [-0.4, -0.2) is 25.2 Å². The number of cyclic esters (lactones) is 1. The molecule has 0 amide bonds. The highest BCUT2D eigenvalue weighted by molar-refractivity contribution is 5.99. The fourth-order valence-corrected chi connectivity index (χ4v) is 1.39. The predicted octanol–water partition coefficient (Wildman–Crippen LogP) is 1.28. The lowest BCUT2D eigenvalue weighted by atomic mass is 9.84. The van der Waals surface area contributed by atoms with E-state index < -0.39 is 17.4 Å². The molecule has 1 aliphatic rings. The van der Waals surface area contributed by atoms with Crippen LogP contribution in [0.25, 0.3) is 0 Å². The van der Waals surface area contributed by atoms with Gasteiger partial charge in [-0.3, -0.25) is 9.59 Å². The minimum absolute atomic E-state index is 0.363. The largest absolute Gasteiger partial charge is 0.465 e. The van der Waals surface area contributed by atoms with Gasteiger partial charge in [0.25, 0.3) is 0 Å². The molecule has 1 unspecified atom stereocenters. The van der Waals surface area contributed by atoms with Crippen molar-refractivity contribution in [1.29, 1.82) is 0 Å². The molecule has 0 aromatic heterocycles. The van der Waals surface area contributed by atoms with Crippen LogP contribution in [0.5, 0.6) is 0 Å². The van der Waals surface area contributed by atoms with E-state index in [0.29, 0.717) is 19.6 Å². The Bertz CT molecular complexity index is 236. The van der Waals surface area contributed by atoms with Crippen molar-refractivity contribution in [2.24, 2.45) is 5.41 Å². The Kier molecular flexibility index (Phi) is 3.49. The maximum absolute atomic E-state index is 11.6. The fraction of sp³-hybridized carbons (Fsp3) is 0.800. The summed E-state index contributed by atoms with van der Waals surface area (Å²) in [7, 11) is 0. The van der Waals surface area contributed by atoms with Crippen LogP contribution in [0, 0.1) is 5.41 Å². The molecule has 0 radical (unpaired) electrons. The molecule has 14 heavy (non-hydrogen) atoms. The van der Waals surface area contributed by atoms with Crippen molar-refractivity contribution in [2.45, 2.75) is 33.1 Å². The number of hydrogen-bond donors (Lipinski definition) is 0. The molecule has 80 valence electrons. The number of ether oxygens (including phenoxy) is 2. The summed E-state index contributed by atoms with van der Waals surface area (Å²) >= 11 is 0. The zero-order chi connectivity index (χ0) is 10.6. The molecule has 0 aromatic rings. The maximum Gasteiger partial charge on any atom is 0.323 e. The van der Waals surface area contributed by atoms with Gasteiger partial charge >= 0.3 is 11.9 Å². The molecule has 0 aliphatic carbocycles. The van der Waals surface area contributed by atoms with Crippen LogP contribution in [-0.2, 0) is 19.1 Å². The second kappa shape index (κ2) is 4.44. The number of carbonyl (C=O) groups is 2. The smallest absolute Gasteiger partial charge is 0.323 e. The number of esters is 2. The summed E-state index contributed by atoms with van der Waals surface area (Å²) in [6.45, 7) is 4.28. The Hall–Kier alpha value is -1.06. The van der Waals surface area contributed by atoms with E-state index in [1.54, 1.807) is 6.92 Å². The van der Waals surface area contributed by atoms with Crippen LogP contribution < -0.4 is 0 Å². The van der Waals surface area contributed by atoms with Crippen molar-refractivity contribution >= 4 is 11.9 Å². The molecule has 0 saturated carbocycles. The summed E-state index contributed by atoms with van der Waals surface area (Å²) in [5, 5.41) is 0. The zero-order valence-electron chi connectivity index (χ0n) is 8.67. The molecule has 4 nitrogen and oxygen atoms in total. The lowest BCUT2D eigenvalue weighted by Gasteiger charge is -2.28. The average Bonchev–Trinajstić information content (AvgIpc) is 2.19. The summed E-state index contributed by atoms with van der Waals surface area (Å²) in [5.74, 6) is -0.908. The molecule has 1 rings (SSSR count). The van der Waals surface area contributed by atoms with Gasteiger partial charge in [-0.1, -0.05) is 6.92 Å². The Morgan fingerprint density at radius 3 is 2.93 bits per heavy atom. The first-order valence-corrected chi connectivity index (χ1v) is 4.95. The van der Waals surface area contributed by atoms with Gasteiger partial charge in [-0.25, -0.2) is 0 Å². The molecular formula is C10H16O4. The summed E-state index contributed by atoms with van der Waals surface area (Å²) in [4.78, 5) is 23.0. The summed E-state index contributed by atoms with van der Waals surface area (Å²) in [5.41, 5.74) is -1.08. The molecule has 0 N–H and O–H groups in total. The number of rotatable bonds is 3. The van der Waals surface area contributed by atoms with Crippen molar-refractivity contribution in [1.82, 2.24) is 0 Å². The molecule has 1 atom stereocenters. The third-order valence-corrected chi connectivity index (χ3v) is 2.39. The van der Waals surface area contributed by atoms with Crippen LogP contribution in [0.2, 0.25) is 0 Å². The lowest BCUT2D eigenvalue weighted by molar-refractivity contribution is -0.176. The van der Waals surface area contributed by atoms with Gasteiger partial charge in [0.1, 0.15) is 0 Å². The van der Waals surface area contributed by atoms with E-state index in [1.165, 1.54) is 0 Å². The van der Waals surface area contributed by atoms with Gasteiger partial charge in [0.15, 0.2) is 5.41 Å². The summed E-state index contributed by atoms with van der Waals surface area (Å²) < 4.78 is 9.82. The van der Waals surface area contributed by atoms with Crippen LogP contribution in [0.1, 0.15) is 33.1 Å². The SMILES string of the molecule is CCCOC(=O)C1(C)CCCOC1=O. The van der Waals surface area contributed by atoms with Crippen molar-refractivity contribution in [3.8, 4) is 0 Å². The highest BCUT2D eigenvalue weighted by Gasteiger charge is 2.45. The fourth-order valence-electron chi connectivity index (χ4n) is 1.39. The summed E-state index contributed by atoms with van der Waals surface area (Å²) in [6.07, 6.45) is 2.01. The van der Waals surface area contributed by atoms with E-state index in [1.807, 2.05) is 6.92 Å². The van der Waals surface area contributed by atoms with Crippen molar-refractivity contribution < 1.29 is 19.1 Å². The van der Waals surface area contributed by atoms with Gasteiger partial charge in [-0.05, 0) is 26.2 Å². The first-order valence-electron chi connectivity index (χ1n) is 4.95. The standard InChI is InChI=1S/C10H16O4/c1-3-6-13-8(11)10(2)5-4-7-14-9(10)12/h3-7H2,1-2H3.